The first-order chi connectivity index (χ1) is 11.7. The van der Waals surface area contributed by atoms with Crippen LogP contribution in [0.4, 0.5) is 17.1 Å². The van der Waals surface area contributed by atoms with Crippen molar-refractivity contribution in [3.8, 4) is 0 Å². The molecule has 2 unspecified atom stereocenters. The Morgan fingerprint density at radius 3 is 2.62 bits per heavy atom. The van der Waals surface area contributed by atoms with Crippen LogP contribution in [0.25, 0.3) is 0 Å². The van der Waals surface area contributed by atoms with Crippen molar-refractivity contribution in [2.75, 3.05) is 35.8 Å². The van der Waals surface area contributed by atoms with Crippen LogP contribution in [0.1, 0.15) is 30.1 Å². The number of benzene rings is 1. The minimum absolute atomic E-state index is 0.0176. The van der Waals surface area contributed by atoms with Gasteiger partial charge in [-0.25, -0.2) is 0 Å². The molecular formula is C18H20N4O2. The number of ether oxygens (including phenoxy) is 1. The lowest BCUT2D eigenvalue weighted by molar-refractivity contribution is -0.119. The Labute approximate surface area is 140 Å². The van der Waals surface area contributed by atoms with E-state index in [0.717, 1.165) is 28.2 Å². The fourth-order valence-corrected chi connectivity index (χ4v) is 3.39. The second kappa shape index (κ2) is 5.79. The van der Waals surface area contributed by atoms with Crippen molar-refractivity contribution >= 4 is 23.0 Å². The molecule has 0 fully saturated rings. The largest absolute Gasteiger partial charge is 0.383 e. The van der Waals surface area contributed by atoms with Crippen molar-refractivity contribution in [1.82, 2.24) is 4.98 Å². The number of rotatable bonds is 4. The molecule has 124 valence electrons. The van der Waals surface area contributed by atoms with Gasteiger partial charge < -0.3 is 20.3 Å². The van der Waals surface area contributed by atoms with Crippen LogP contribution in [0.3, 0.4) is 0 Å². The molecule has 2 aliphatic heterocycles. The van der Waals surface area contributed by atoms with E-state index in [0.29, 0.717) is 13.2 Å². The minimum Gasteiger partial charge on any atom is -0.383 e. The van der Waals surface area contributed by atoms with Gasteiger partial charge in [0.05, 0.1) is 23.9 Å². The SMILES string of the molecule is COCCN1C(=O)C(C)c2cc3c(cc21)NC(c1ccncc1)N3. The molecule has 2 N–H and O–H groups in total. The van der Waals surface area contributed by atoms with Gasteiger partial charge in [0.25, 0.3) is 0 Å². The number of fused-ring (bicyclic) bond motifs is 2. The minimum atomic E-state index is -0.121. The van der Waals surface area contributed by atoms with Gasteiger partial charge in [-0.1, -0.05) is 0 Å². The molecule has 0 saturated carbocycles. The lowest BCUT2D eigenvalue weighted by atomic mass is 10.0. The third kappa shape index (κ3) is 2.30. The highest BCUT2D eigenvalue weighted by molar-refractivity contribution is 6.06. The topological polar surface area (TPSA) is 66.5 Å². The van der Waals surface area contributed by atoms with Gasteiger partial charge in [-0.05, 0) is 42.3 Å². The van der Waals surface area contributed by atoms with Gasteiger partial charge in [0.2, 0.25) is 5.91 Å². The number of methoxy groups -OCH3 is 1. The molecule has 2 aromatic rings. The van der Waals surface area contributed by atoms with Crippen LogP contribution >= 0.6 is 0 Å². The van der Waals surface area contributed by atoms with Crippen molar-refractivity contribution in [1.29, 1.82) is 0 Å². The molecule has 2 aliphatic rings. The van der Waals surface area contributed by atoms with E-state index in [1.54, 1.807) is 19.5 Å². The fraction of sp³-hybridized carbons (Fsp3) is 0.333. The summed E-state index contributed by atoms with van der Waals surface area (Å²) in [6.45, 7) is 3.07. The molecule has 6 heteroatoms. The van der Waals surface area contributed by atoms with Crippen molar-refractivity contribution in [3.63, 3.8) is 0 Å². The molecule has 0 aliphatic carbocycles. The summed E-state index contributed by atoms with van der Waals surface area (Å²) in [4.78, 5) is 18.4. The van der Waals surface area contributed by atoms with E-state index in [1.807, 2.05) is 24.0 Å². The number of carbonyl (C=O) groups excluding carboxylic acids is 1. The summed E-state index contributed by atoms with van der Waals surface area (Å²) in [6, 6.07) is 8.13. The first kappa shape index (κ1) is 15.0. The normalized spacial score (nSPS) is 21.2. The lowest BCUT2D eigenvalue weighted by Crippen LogP contribution is -2.31. The van der Waals surface area contributed by atoms with Crippen LogP contribution < -0.4 is 15.5 Å². The number of hydrogen-bond donors (Lipinski definition) is 2. The van der Waals surface area contributed by atoms with Gasteiger partial charge in [-0.2, -0.15) is 0 Å². The zero-order chi connectivity index (χ0) is 16.7. The van der Waals surface area contributed by atoms with E-state index >= 15 is 0 Å². The summed E-state index contributed by atoms with van der Waals surface area (Å²) >= 11 is 0. The number of nitrogens with zero attached hydrogens (tertiary/aromatic N) is 2. The van der Waals surface area contributed by atoms with E-state index < -0.39 is 0 Å². The molecular weight excluding hydrogens is 304 g/mol. The highest BCUT2D eigenvalue weighted by Gasteiger charge is 2.36. The van der Waals surface area contributed by atoms with Gasteiger partial charge in [-0.15, -0.1) is 0 Å². The molecule has 0 radical (unpaired) electrons. The Bertz CT molecular complexity index is 778. The Kier molecular flexibility index (Phi) is 3.61. The zero-order valence-electron chi connectivity index (χ0n) is 13.7. The van der Waals surface area contributed by atoms with E-state index in [9.17, 15) is 4.79 Å². The summed E-state index contributed by atoms with van der Waals surface area (Å²) < 4.78 is 5.14. The smallest absolute Gasteiger partial charge is 0.234 e. The molecule has 24 heavy (non-hydrogen) atoms. The average molecular weight is 324 g/mol. The molecule has 3 heterocycles. The number of pyridine rings is 1. The second-order valence-electron chi connectivity index (χ2n) is 6.16. The maximum atomic E-state index is 12.5. The predicted octanol–water partition coefficient (Wildman–Crippen LogP) is 2.71. The highest BCUT2D eigenvalue weighted by atomic mass is 16.5. The van der Waals surface area contributed by atoms with Crippen LogP contribution in [-0.2, 0) is 9.53 Å². The van der Waals surface area contributed by atoms with E-state index in [-0.39, 0.29) is 18.0 Å². The summed E-state index contributed by atoms with van der Waals surface area (Å²) in [7, 11) is 1.65. The molecule has 6 nitrogen and oxygen atoms in total. The molecule has 1 aromatic heterocycles. The first-order valence-corrected chi connectivity index (χ1v) is 8.10. The molecule has 4 rings (SSSR count). The highest BCUT2D eigenvalue weighted by Crippen LogP contribution is 2.45. The van der Waals surface area contributed by atoms with Gasteiger partial charge in [0.15, 0.2) is 0 Å². The summed E-state index contributed by atoms with van der Waals surface area (Å²) in [5.74, 6) is 0.0142. The van der Waals surface area contributed by atoms with Crippen LogP contribution in [0.5, 0.6) is 0 Å². The van der Waals surface area contributed by atoms with Gasteiger partial charge >= 0.3 is 0 Å². The number of carbonyl (C=O) groups is 1. The molecule has 2 atom stereocenters. The van der Waals surface area contributed by atoms with Crippen molar-refractivity contribution in [3.05, 3.63) is 47.8 Å². The van der Waals surface area contributed by atoms with Gasteiger partial charge in [-0.3, -0.25) is 9.78 Å². The Hall–Kier alpha value is -2.60. The van der Waals surface area contributed by atoms with Gasteiger partial charge in [0, 0.05) is 31.7 Å². The second-order valence-corrected chi connectivity index (χ2v) is 6.16. The maximum absolute atomic E-state index is 12.5. The van der Waals surface area contributed by atoms with E-state index in [4.69, 9.17) is 4.74 Å². The maximum Gasteiger partial charge on any atom is 0.234 e. The molecule has 0 spiro atoms. The Morgan fingerprint density at radius 1 is 1.21 bits per heavy atom. The Morgan fingerprint density at radius 2 is 1.92 bits per heavy atom. The number of anilines is 3. The van der Waals surface area contributed by atoms with Crippen LogP contribution in [-0.4, -0.2) is 31.2 Å². The van der Waals surface area contributed by atoms with Crippen LogP contribution in [0.2, 0.25) is 0 Å². The number of aromatic nitrogens is 1. The lowest BCUT2D eigenvalue weighted by Gasteiger charge is -2.17. The quantitative estimate of drug-likeness (QED) is 0.905. The zero-order valence-corrected chi connectivity index (χ0v) is 13.7. The summed E-state index contributed by atoms with van der Waals surface area (Å²) in [6.07, 6.45) is 3.59. The molecule has 0 saturated heterocycles. The summed E-state index contributed by atoms with van der Waals surface area (Å²) in [5.41, 5.74) is 5.22. The monoisotopic (exact) mass is 324 g/mol. The van der Waals surface area contributed by atoms with E-state index in [2.05, 4.69) is 27.8 Å². The standard InChI is InChI=1S/C18H20N4O2/c1-11-13-9-14-15(10-16(13)22(18(11)23)7-8-24-2)21-17(20-14)12-3-5-19-6-4-12/h3-6,9-11,17,20-21H,7-8H2,1-2H3. The van der Waals surface area contributed by atoms with Crippen molar-refractivity contribution < 1.29 is 9.53 Å². The van der Waals surface area contributed by atoms with Crippen molar-refractivity contribution in [2.24, 2.45) is 0 Å². The van der Waals surface area contributed by atoms with Gasteiger partial charge in [0.1, 0.15) is 6.17 Å². The average Bonchev–Trinajstić information content (AvgIpc) is 3.13. The molecule has 1 aromatic carbocycles. The Balaban J connectivity index is 1.66. The number of amides is 1. The number of hydrogen-bond acceptors (Lipinski definition) is 5. The fourth-order valence-electron chi connectivity index (χ4n) is 3.39. The third-order valence-electron chi connectivity index (χ3n) is 4.72. The van der Waals surface area contributed by atoms with Crippen molar-refractivity contribution in [2.45, 2.75) is 19.0 Å². The number of nitrogens with one attached hydrogen (secondary N) is 2. The third-order valence-corrected chi connectivity index (χ3v) is 4.72. The molecule has 1 amide bonds. The van der Waals surface area contributed by atoms with Crippen LogP contribution in [0, 0.1) is 0 Å². The summed E-state index contributed by atoms with van der Waals surface area (Å²) in [5, 5.41) is 6.96. The molecule has 0 bridgehead atoms. The van der Waals surface area contributed by atoms with Crippen LogP contribution in [0.15, 0.2) is 36.7 Å². The van der Waals surface area contributed by atoms with E-state index in [1.165, 1.54) is 0 Å². The predicted molar refractivity (Wildman–Crippen MR) is 93.3 cm³/mol. The first-order valence-electron chi connectivity index (χ1n) is 8.10.